The second-order valence-electron chi connectivity index (χ2n) is 1.88. The molecule has 2 unspecified atom stereocenters. The van der Waals surface area contributed by atoms with Crippen molar-refractivity contribution < 1.29 is 4.74 Å². The van der Waals surface area contributed by atoms with Gasteiger partial charge in [0.25, 0.3) is 0 Å². The number of hydrogen-bond donors (Lipinski definition) is 0. The second-order valence-corrected chi connectivity index (χ2v) is 3.06. The van der Waals surface area contributed by atoms with Crippen LogP contribution in [0.3, 0.4) is 0 Å². The molecule has 0 aromatic rings. The van der Waals surface area contributed by atoms with Gasteiger partial charge in [-0.1, -0.05) is 15.9 Å². The van der Waals surface area contributed by atoms with Gasteiger partial charge in [-0.05, 0) is 13.3 Å². The van der Waals surface area contributed by atoms with Gasteiger partial charge in [0.2, 0.25) is 0 Å². The molecule has 1 heterocycles. The van der Waals surface area contributed by atoms with E-state index in [1.807, 2.05) is 0 Å². The first-order chi connectivity index (χ1) is 3.30. The minimum Gasteiger partial charge on any atom is -0.377 e. The molecule has 1 fully saturated rings. The van der Waals surface area contributed by atoms with E-state index >= 15 is 0 Å². The zero-order chi connectivity index (χ0) is 5.28. The summed E-state index contributed by atoms with van der Waals surface area (Å²) in [5, 5.41) is 0. The topological polar surface area (TPSA) is 9.23 Å². The largest absolute Gasteiger partial charge is 0.377 e. The van der Waals surface area contributed by atoms with Crippen molar-refractivity contribution in [2.24, 2.45) is 0 Å². The van der Waals surface area contributed by atoms with E-state index < -0.39 is 0 Å². The number of rotatable bonds is 0. The minimum atomic E-state index is 0.431. The second kappa shape index (κ2) is 2.14. The van der Waals surface area contributed by atoms with E-state index in [-0.39, 0.29) is 0 Å². The van der Waals surface area contributed by atoms with Gasteiger partial charge < -0.3 is 4.74 Å². The predicted octanol–water partition coefficient (Wildman–Crippen LogP) is 1.56. The molecule has 7 heavy (non-hydrogen) atoms. The van der Waals surface area contributed by atoms with Crippen LogP contribution in [0.2, 0.25) is 0 Å². The Morgan fingerprint density at radius 3 is 2.57 bits per heavy atom. The molecule has 2 heteroatoms. The number of halogens is 1. The number of hydrogen-bond acceptors (Lipinski definition) is 1. The Kier molecular flexibility index (Phi) is 1.70. The molecule has 0 bridgehead atoms. The van der Waals surface area contributed by atoms with Crippen LogP contribution in [0, 0.1) is 0 Å². The van der Waals surface area contributed by atoms with Gasteiger partial charge in [-0.2, -0.15) is 0 Å². The van der Waals surface area contributed by atoms with Crippen molar-refractivity contribution in [3.05, 3.63) is 0 Å². The van der Waals surface area contributed by atoms with Gasteiger partial charge in [0.05, 0.1) is 6.10 Å². The Bertz CT molecular complexity index is 57.1. The highest BCUT2D eigenvalue weighted by atomic mass is 79.9. The maximum atomic E-state index is 5.22. The van der Waals surface area contributed by atoms with E-state index in [1.54, 1.807) is 0 Å². The Balaban J connectivity index is 2.33. The van der Waals surface area contributed by atoms with Crippen molar-refractivity contribution in [1.82, 2.24) is 0 Å². The highest BCUT2D eigenvalue weighted by molar-refractivity contribution is 9.09. The van der Waals surface area contributed by atoms with Crippen LogP contribution >= 0.6 is 15.9 Å². The van der Waals surface area contributed by atoms with Crippen LogP contribution in [-0.2, 0) is 4.74 Å². The van der Waals surface area contributed by atoms with E-state index in [2.05, 4.69) is 22.9 Å². The van der Waals surface area contributed by atoms with Crippen molar-refractivity contribution in [3.8, 4) is 0 Å². The lowest BCUT2D eigenvalue weighted by atomic mass is 10.3. The third kappa shape index (κ3) is 1.16. The summed E-state index contributed by atoms with van der Waals surface area (Å²) in [6.45, 7) is 3.02. The molecule has 1 rings (SSSR count). The van der Waals surface area contributed by atoms with Crippen molar-refractivity contribution in [2.45, 2.75) is 24.3 Å². The van der Waals surface area contributed by atoms with Crippen LogP contribution in [-0.4, -0.2) is 17.5 Å². The molecule has 2 atom stereocenters. The quantitative estimate of drug-likeness (QED) is 0.495. The van der Waals surface area contributed by atoms with E-state index in [0.717, 1.165) is 6.61 Å². The molecule has 1 aliphatic heterocycles. The number of alkyl halides is 1. The first-order valence-corrected chi connectivity index (χ1v) is 3.48. The van der Waals surface area contributed by atoms with Gasteiger partial charge in [0, 0.05) is 11.4 Å². The van der Waals surface area contributed by atoms with Crippen molar-refractivity contribution >= 4 is 15.9 Å². The Morgan fingerprint density at radius 2 is 2.43 bits per heavy atom. The normalized spacial score (nSPS) is 42.0. The Labute approximate surface area is 52.2 Å². The highest BCUT2D eigenvalue weighted by Gasteiger charge is 2.20. The molecule has 0 spiro atoms. The van der Waals surface area contributed by atoms with Crippen molar-refractivity contribution in [2.75, 3.05) is 6.61 Å². The molecular formula is C5H9BrO. The van der Waals surface area contributed by atoms with Crippen LogP contribution in [0.5, 0.6) is 0 Å². The standard InChI is InChI=1S/C5H9BrO/c1-4-5(6)2-3-7-4/h4-5H,2-3H2,1H3. The maximum Gasteiger partial charge on any atom is 0.0672 e. The minimum absolute atomic E-state index is 0.431. The smallest absolute Gasteiger partial charge is 0.0672 e. The van der Waals surface area contributed by atoms with Crippen molar-refractivity contribution in [1.29, 1.82) is 0 Å². The first kappa shape index (κ1) is 5.57. The number of ether oxygens (including phenoxy) is 1. The van der Waals surface area contributed by atoms with Crippen LogP contribution in [0.15, 0.2) is 0 Å². The van der Waals surface area contributed by atoms with Crippen molar-refractivity contribution in [3.63, 3.8) is 0 Å². The molecule has 0 radical (unpaired) electrons. The summed E-state index contributed by atoms with van der Waals surface area (Å²) < 4.78 is 5.22. The van der Waals surface area contributed by atoms with E-state index in [4.69, 9.17) is 4.74 Å². The fourth-order valence-corrected chi connectivity index (χ4v) is 1.05. The zero-order valence-corrected chi connectivity index (χ0v) is 5.94. The first-order valence-electron chi connectivity index (χ1n) is 2.56. The maximum absolute atomic E-state index is 5.22. The third-order valence-corrected chi connectivity index (χ3v) is 2.49. The van der Waals surface area contributed by atoms with E-state index in [1.165, 1.54) is 6.42 Å². The average Bonchev–Trinajstić information content (AvgIpc) is 1.91. The molecule has 0 aromatic heterocycles. The monoisotopic (exact) mass is 164 g/mol. The van der Waals surface area contributed by atoms with Gasteiger partial charge in [0.1, 0.15) is 0 Å². The molecular weight excluding hydrogens is 156 g/mol. The van der Waals surface area contributed by atoms with Gasteiger partial charge in [-0.25, -0.2) is 0 Å². The summed E-state index contributed by atoms with van der Waals surface area (Å²) in [6.07, 6.45) is 1.60. The summed E-state index contributed by atoms with van der Waals surface area (Å²) in [6, 6.07) is 0. The van der Waals surface area contributed by atoms with Gasteiger partial charge >= 0.3 is 0 Å². The summed E-state index contributed by atoms with van der Waals surface area (Å²) in [7, 11) is 0. The molecule has 1 aliphatic rings. The summed E-state index contributed by atoms with van der Waals surface area (Å²) in [4.78, 5) is 0.604. The predicted molar refractivity (Wildman–Crippen MR) is 32.7 cm³/mol. The van der Waals surface area contributed by atoms with Crippen LogP contribution in [0.4, 0.5) is 0 Å². The molecule has 0 aliphatic carbocycles. The lowest BCUT2D eigenvalue weighted by Gasteiger charge is -2.02. The van der Waals surface area contributed by atoms with E-state index in [0.29, 0.717) is 10.9 Å². The van der Waals surface area contributed by atoms with Crippen LogP contribution in [0.1, 0.15) is 13.3 Å². The molecule has 1 saturated heterocycles. The highest BCUT2D eigenvalue weighted by Crippen LogP contribution is 2.19. The fraction of sp³-hybridized carbons (Fsp3) is 1.00. The lowest BCUT2D eigenvalue weighted by molar-refractivity contribution is 0.128. The molecule has 0 saturated carbocycles. The molecule has 1 nitrogen and oxygen atoms in total. The van der Waals surface area contributed by atoms with Gasteiger partial charge in [0.15, 0.2) is 0 Å². The Morgan fingerprint density at radius 1 is 1.71 bits per heavy atom. The molecule has 0 amide bonds. The average molecular weight is 165 g/mol. The van der Waals surface area contributed by atoms with Crippen LogP contribution < -0.4 is 0 Å². The molecule has 0 aromatic carbocycles. The molecule has 42 valence electrons. The van der Waals surface area contributed by atoms with Gasteiger partial charge in [-0.3, -0.25) is 0 Å². The fourth-order valence-electron chi connectivity index (χ4n) is 0.706. The lowest BCUT2D eigenvalue weighted by Crippen LogP contribution is -2.08. The SMILES string of the molecule is CC1OCCC1Br. The summed E-state index contributed by atoms with van der Waals surface area (Å²) >= 11 is 3.48. The van der Waals surface area contributed by atoms with E-state index in [9.17, 15) is 0 Å². The Hall–Kier alpha value is 0.440. The summed E-state index contributed by atoms with van der Waals surface area (Å²) in [5.41, 5.74) is 0. The third-order valence-electron chi connectivity index (χ3n) is 1.28. The molecule has 0 N–H and O–H groups in total. The van der Waals surface area contributed by atoms with Crippen LogP contribution in [0.25, 0.3) is 0 Å². The van der Waals surface area contributed by atoms with Gasteiger partial charge in [-0.15, -0.1) is 0 Å². The summed E-state index contributed by atoms with van der Waals surface area (Å²) in [5.74, 6) is 0. The zero-order valence-electron chi connectivity index (χ0n) is 4.36.